The van der Waals surface area contributed by atoms with Crippen LogP contribution in [0.4, 0.5) is 0 Å². The largest absolute Gasteiger partial charge is 0.393 e. The van der Waals surface area contributed by atoms with Crippen LogP contribution in [-0.4, -0.2) is 17.1 Å². The van der Waals surface area contributed by atoms with E-state index in [0.29, 0.717) is 11.8 Å². The summed E-state index contributed by atoms with van der Waals surface area (Å²) in [5.41, 5.74) is 4.32. The Balaban J connectivity index is 1.64. The summed E-state index contributed by atoms with van der Waals surface area (Å²) in [6.45, 7) is 4.79. The summed E-state index contributed by atoms with van der Waals surface area (Å²) in [5.74, 6) is 7.64. The molecule has 134 valence electrons. The number of hydrogen-bond donors (Lipinski definition) is 3. The van der Waals surface area contributed by atoms with Crippen molar-refractivity contribution in [3.63, 3.8) is 0 Å². The Morgan fingerprint density at radius 3 is 2.75 bits per heavy atom. The van der Waals surface area contributed by atoms with Crippen LogP contribution >= 0.6 is 0 Å². The Hall–Kier alpha value is -0.870. The standard InChI is InChI=1S/C20H32N2O2/c1-19-9-7-13(23)11-12(19)3-4-14-15-5-6-17(18(24)22-21)20(15,2)10-8-16(14)19/h3,13-17,23H,4-11,21H2,1-2H3,(H,22,24)/t13-,14+,15+,16+,17-,19+,20+/m1/s1. The molecule has 0 radical (unpaired) electrons. The summed E-state index contributed by atoms with van der Waals surface area (Å²) in [6, 6.07) is 0. The minimum absolute atomic E-state index is 0.0393. The van der Waals surface area contributed by atoms with E-state index in [9.17, 15) is 9.90 Å². The zero-order valence-corrected chi connectivity index (χ0v) is 15.1. The molecule has 24 heavy (non-hydrogen) atoms. The van der Waals surface area contributed by atoms with Crippen LogP contribution < -0.4 is 11.3 Å². The minimum atomic E-state index is -0.140. The monoisotopic (exact) mass is 332 g/mol. The third-order valence-corrected chi connectivity index (χ3v) is 8.54. The first-order valence-corrected chi connectivity index (χ1v) is 9.78. The first kappa shape index (κ1) is 16.6. The van der Waals surface area contributed by atoms with Gasteiger partial charge in [0.15, 0.2) is 0 Å². The highest BCUT2D eigenvalue weighted by Crippen LogP contribution is 2.66. The fourth-order valence-electron chi connectivity index (χ4n) is 7.17. The molecule has 7 atom stereocenters. The summed E-state index contributed by atoms with van der Waals surface area (Å²) in [4.78, 5) is 12.3. The maximum atomic E-state index is 12.3. The fourth-order valence-corrected chi connectivity index (χ4v) is 7.17. The highest BCUT2D eigenvalue weighted by Gasteiger charge is 2.59. The van der Waals surface area contributed by atoms with Crippen molar-refractivity contribution in [3.8, 4) is 0 Å². The summed E-state index contributed by atoms with van der Waals surface area (Å²) in [5, 5.41) is 10.1. The van der Waals surface area contributed by atoms with Crippen LogP contribution in [0.15, 0.2) is 11.6 Å². The van der Waals surface area contributed by atoms with E-state index in [-0.39, 0.29) is 28.8 Å². The molecule has 0 spiro atoms. The molecule has 0 bridgehead atoms. The number of carbonyl (C=O) groups is 1. The van der Waals surface area contributed by atoms with Crippen LogP contribution in [0, 0.1) is 34.5 Å². The molecule has 0 aromatic rings. The van der Waals surface area contributed by atoms with Crippen LogP contribution in [0.1, 0.15) is 65.2 Å². The second-order valence-corrected chi connectivity index (χ2v) is 9.34. The molecule has 3 saturated carbocycles. The van der Waals surface area contributed by atoms with Crippen molar-refractivity contribution in [3.05, 3.63) is 11.6 Å². The lowest BCUT2D eigenvalue weighted by molar-refractivity contribution is -0.131. The average molecular weight is 332 g/mol. The lowest BCUT2D eigenvalue weighted by Gasteiger charge is -2.57. The molecule has 0 unspecified atom stereocenters. The van der Waals surface area contributed by atoms with E-state index in [4.69, 9.17) is 5.84 Å². The highest BCUT2D eigenvalue weighted by molar-refractivity contribution is 5.79. The molecule has 3 fully saturated rings. The maximum Gasteiger partial charge on any atom is 0.237 e. The number of carbonyl (C=O) groups excluding carboxylic acids is 1. The second kappa shape index (κ2) is 5.57. The van der Waals surface area contributed by atoms with Crippen LogP contribution in [0.5, 0.6) is 0 Å². The molecule has 0 aromatic heterocycles. The lowest BCUT2D eigenvalue weighted by Crippen LogP contribution is -2.52. The van der Waals surface area contributed by atoms with Gasteiger partial charge in [-0.3, -0.25) is 10.2 Å². The van der Waals surface area contributed by atoms with E-state index in [1.54, 1.807) is 0 Å². The van der Waals surface area contributed by atoms with Crippen LogP contribution in [0.25, 0.3) is 0 Å². The Labute approximate surface area is 145 Å². The van der Waals surface area contributed by atoms with Gasteiger partial charge in [-0.05, 0) is 80.0 Å². The van der Waals surface area contributed by atoms with E-state index in [2.05, 4.69) is 25.3 Å². The number of hydrogen-bond acceptors (Lipinski definition) is 3. The Kier molecular flexibility index (Phi) is 3.85. The molecule has 4 aliphatic rings. The maximum absolute atomic E-state index is 12.3. The van der Waals surface area contributed by atoms with Gasteiger partial charge >= 0.3 is 0 Å². The molecule has 4 aliphatic carbocycles. The van der Waals surface area contributed by atoms with Gasteiger partial charge in [-0.2, -0.15) is 0 Å². The van der Waals surface area contributed by atoms with E-state index >= 15 is 0 Å². The molecule has 4 nitrogen and oxygen atoms in total. The topological polar surface area (TPSA) is 75.3 Å². The van der Waals surface area contributed by atoms with Gasteiger partial charge in [0.1, 0.15) is 0 Å². The third-order valence-electron chi connectivity index (χ3n) is 8.54. The zero-order valence-electron chi connectivity index (χ0n) is 15.1. The number of aliphatic hydroxyl groups excluding tert-OH is 1. The van der Waals surface area contributed by atoms with Gasteiger partial charge in [0, 0.05) is 5.92 Å². The molecule has 0 saturated heterocycles. The lowest BCUT2D eigenvalue weighted by atomic mass is 9.47. The van der Waals surface area contributed by atoms with Crippen molar-refractivity contribution in [1.29, 1.82) is 0 Å². The molecular formula is C20H32N2O2. The van der Waals surface area contributed by atoms with Crippen molar-refractivity contribution >= 4 is 5.91 Å². The molecular weight excluding hydrogens is 300 g/mol. The number of nitrogens with two attached hydrogens (primary N) is 1. The number of nitrogens with one attached hydrogen (secondary N) is 1. The zero-order chi connectivity index (χ0) is 17.1. The van der Waals surface area contributed by atoms with Crippen molar-refractivity contribution in [2.75, 3.05) is 0 Å². The van der Waals surface area contributed by atoms with Crippen molar-refractivity contribution in [2.24, 2.45) is 40.3 Å². The minimum Gasteiger partial charge on any atom is -0.393 e. The quantitative estimate of drug-likeness (QED) is 0.299. The summed E-state index contributed by atoms with van der Waals surface area (Å²) >= 11 is 0. The van der Waals surface area contributed by atoms with Crippen molar-refractivity contribution in [2.45, 2.75) is 71.3 Å². The molecule has 1 amide bonds. The first-order chi connectivity index (χ1) is 11.4. The summed E-state index contributed by atoms with van der Waals surface area (Å²) < 4.78 is 0. The highest BCUT2D eigenvalue weighted by atomic mass is 16.3. The average Bonchev–Trinajstić information content (AvgIpc) is 2.92. The molecule has 4 heteroatoms. The molecule has 0 heterocycles. The molecule has 4 rings (SSSR count). The van der Waals surface area contributed by atoms with Crippen LogP contribution in [0.3, 0.4) is 0 Å². The fraction of sp³-hybridized carbons (Fsp3) is 0.850. The van der Waals surface area contributed by atoms with Crippen molar-refractivity contribution in [1.82, 2.24) is 5.43 Å². The van der Waals surface area contributed by atoms with E-state index in [1.807, 2.05) is 0 Å². The Bertz CT molecular complexity index is 574. The predicted molar refractivity (Wildman–Crippen MR) is 93.5 cm³/mol. The van der Waals surface area contributed by atoms with Crippen LogP contribution in [-0.2, 0) is 4.79 Å². The van der Waals surface area contributed by atoms with Gasteiger partial charge < -0.3 is 5.11 Å². The van der Waals surface area contributed by atoms with Crippen molar-refractivity contribution < 1.29 is 9.90 Å². The number of rotatable bonds is 1. The SMILES string of the molecule is C[C@]12CC[C@H]3[C@@H](CC=C4C[C@H](O)CC[C@@]43C)[C@@H]1CC[C@@H]2C(=O)NN. The second-order valence-electron chi connectivity index (χ2n) is 9.34. The summed E-state index contributed by atoms with van der Waals surface area (Å²) in [6.07, 6.45) is 10.9. The number of hydrazine groups is 1. The third kappa shape index (κ3) is 2.15. The molecule has 0 aliphatic heterocycles. The van der Waals surface area contributed by atoms with E-state index < -0.39 is 0 Å². The number of fused-ring (bicyclic) bond motifs is 5. The summed E-state index contributed by atoms with van der Waals surface area (Å²) in [7, 11) is 0. The predicted octanol–water partition coefficient (Wildman–Crippen LogP) is 2.92. The van der Waals surface area contributed by atoms with Gasteiger partial charge in [0.2, 0.25) is 5.91 Å². The van der Waals surface area contributed by atoms with Crippen LogP contribution in [0.2, 0.25) is 0 Å². The van der Waals surface area contributed by atoms with Gasteiger partial charge in [-0.25, -0.2) is 5.84 Å². The smallest absolute Gasteiger partial charge is 0.237 e. The van der Waals surface area contributed by atoms with Gasteiger partial charge in [-0.1, -0.05) is 25.5 Å². The Morgan fingerprint density at radius 1 is 1.21 bits per heavy atom. The molecule has 4 N–H and O–H groups in total. The van der Waals surface area contributed by atoms with E-state index in [0.717, 1.165) is 50.9 Å². The van der Waals surface area contributed by atoms with Gasteiger partial charge in [-0.15, -0.1) is 0 Å². The number of aliphatic hydroxyl groups is 1. The number of allylic oxidation sites excluding steroid dienone is 1. The first-order valence-electron chi connectivity index (χ1n) is 9.78. The Morgan fingerprint density at radius 2 is 2.00 bits per heavy atom. The van der Waals surface area contributed by atoms with E-state index in [1.165, 1.54) is 12.0 Å². The van der Waals surface area contributed by atoms with Gasteiger partial charge in [0.05, 0.1) is 6.10 Å². The molecule has 0 aromatic carbocycles. The number of amides is 1. The normalized spacial score (nSPS) is 50.3. The van der Waals surface area contributed by atoms with Gasteiger partial charge in [0.25, 0.3) is 0 Å².